The molecule has 16 heavy (non-hydrogen) atoms. The van der Waals surface area contributed by atoms with E-state index in [0.29, 0.717) is 0 Å². The van der Waals surface area contributed by atoms with Gasteiger partial charge < -0.3 is 13.8 Å². The number of unbranched alkanes of at least 4 members (excludes halogenated alkanes) is 2. The smallest absolute Gasteiger partial charge is 0.343 e. The molecule has 0 aromatic heterocycles. The van der Waals surface area contributed by atoms with Crippen LogP contribution in [0.2, 0.25) is 0 Å². The second kappa shape index (κ2) is 18.6. The molecule has 0 amide bonds. The van der Waals surface area contributed by atoms with Crippen molar-refractivity contribution in [3.63, 3.8) is 0 Å². The minimum absolute atomic E-state index is 0. The van der Waals surface area contributed by atoms with Gasteiger partial charge in [-0.1, -0.05) is 58.3 Å². The standard InChI is InChI=1S/C10H19.C4H9.2Li/c1-2-3-7-10-8-5-4-6-9-10;1-3-4-2;;/h10H,1-9H2;1,3-4H2,2H3;;/q2*-1;2*+1. The first-order chi connectivity index (χ1) is 6.85. The molecular weight excluding hydrogens is 182 g/mol. The number of hydrogen-bond acceptors (Lipinski definition) is 0. The molecule has 0 atom stereocenters. The number of hydrogen-bond donors (Lipinski definition) is 0. The second-order valence-corrected chi connectivity index (χ2v) is 4.35. The summed E-state index contributed by atoms with van der Waals surface area (Å²) in [6.45, 7) is 9.59. The maximum atomic E-state index is 3.87. The summed E-state index contributed by atoms with van der Waals surface area (Å²) >= 11 is 0. The van der Waals surface area contributed by atoms with Crippen molar-refractivity contribution in [2.75, 3.05) is 0 Å². The minimum atomic E-state index is 0. The van der Waals surface area contributed by atoms with Crippen LogP contribution in [0.25, 0.3) is 0 Å². The van der Waals surface area contributed by atoms with Gasteiger partial charge in [0.2, 0.25) is 0 Å². The van der Waals surface area contributed by atoms with Crippen molar-refractivity contribution in [2.24, 2.45) is 5.92 Å². The maximum absolute atomic E-state index is 3.87. The van der Waals surface area contributed by atoms with Gasteiger partial charge in [0.05, 0.1) is 0 Å². The molecule has 86 valence electrons. The molecule has 0 aromatic rings. The van der Waals surface area contributed by atoms with E-state index in [-0.39, 0.29) is 37.7 Å². The quantitative estimate of drug-likeness (QED) is 0.421. The van der Waals surface area contributed by atoms with Gasteiger partial charge in [-0.3, -0.25) is 0 Å². The third-order valence-corrected chi connectivity index (χ3v) is 2.94. The van der Waals surface area contributed by atoms with E-state index in [1.165, 1.54) is 51.4 Å². The second-order valence-electron chi connectivity index (χ2n) is 4.35. The molecule has 0 spiro atoms. The fraction of sp³-hybridized carbons (Fsp3) is 0.857. The molecule has 0 saturated heterocycles. The van der Waals surface area contributed by atoms with Crippen LogP contribution in [-0.4, -0.2) is 0 Å². The van der Waals surface area contributed by atoms with Crippen molar-refractivity contribution in [1.82, 2.24) is 0 Å². The third kappa shape index (κ3) is 15.2. The summed E-state index contributed by atoms with van der Waals surface area (Å²) in [5, 5.41) is 0. The first-order valence-corrected chi connectivity index (χ1v) is 6.43. The molecule has 1 aliphatic rings. The van der Waals surface area contributed by atoms with Crippen molar-refractivity contribution in [1.29, 1.82) is 0 Å². The Morgan fingerprint density at radius 1 is 0.938 bits per heavy atom. The molecule has 0 N–H and O–H groups in total. The fourth-order valence-corrected chi connectivity index (χ4v) is 1.91. The van der Waals surface area contributed by atoms with Crippen molar-refractivity contribution in [3.8, 4) is 0 Å². The van der Waals surface area contributed by atoms with Crippen molar-refractivity contribution >= 4 is 0 Å². The van der Waals surface area contributed by atoms with Crippen LogP contribution in [0.4, 0.5) is 0 Å². The minimum Gasteiger partial charge on any atom is -0.343 e. The van der Waals surface area contributed by atoms with Gasteiger partial charge in [0.1, 0.15) is 0 Å². The topological polar surface area (TPSA) is 0 Å². The van der Waals surface area contributed by atoms with E-state index >= 15 is 0 Å². The van der Waals surface area contributed by atoms with Crippen LogP contribution in [0.3, 0.4) is 0 Å². The number of rotatable bonds is 4. The monoisotopic (exact) mass is 210 g/mol. The van der Waals surface area contributed by atoms with Crippen LogP contribution in [0.5, 0.6) is 0 Å². The van der Waals surface area contributed by atoms with Gasteiger partial charge in [-0.25, -0.2) is 0 Å². The van der Waals surface area contributed by atoms with E-state index in [0.717, 1.165) is 18.8 Å². The summed E-state index contributed by atoms with van der Waals surface area (Å²) in [7, 11) is 0. The Morgan fingerprint density at radius 3 is 1.81 bits per heavy atom. The SMILES string of the molecule is [CH2-]CCC.[CH2-]CCCC1CCCCC1.[Li+].[Li+]. The zero-order valence-electron chi connectivity index (χ0n) is 12.1. The first-order valence-electron chi connectivity index (χ1n) is 6.43. The van der Waals surface area contributed by atoms with Gasteiger partial charge >= 0.3 is 37.7 Å². The summed E-state index contributed by atoms with van der Waals surface area (Å²) in [5.74, 6) is 1.07. The molecule has 0 radical (unpaired) electrons. The van der Waals surface area contributed by atoms with Gasteiger partial charge in [-0.2, -0.15) is 12.8 Å². The maximum Gasteiger partial charge on any atom is 1.00 e. The Morgan fingerprint density at radius 2 is 1.44 bits per heavy atom. The summed E-state index contributed by atoms with van der Waals surface area (Å²) < 4.78 is 0. The molecule has 1 saturated carbocycles. The molecular formula is C14H28Li2. The third-order valence-electron chi connectivity index (χ3n) is 2.94. The molecule has 0 unspecified atom stereocenters. The van der Waals surface area contributed by atoms with Gasteiger partial charge in [0, 0.05) is 0 Å². The summed E-state index contributed by atoms with van der Waals surface area (Å²) in [6, 6.07) is 0. The molecule has 0 aromatic carbocycles. The molecule has 2 heteroatoms. The first kappa shape index (κ1) is 22.4. The normalized spacial score (nSPS) is 15.2. The van der Waals surface area contributed by atoms with Crippen LogP contribution in [-0.2, 0) is 0 Å². The van der Waals surface area contributed by atoms with Crippen LogP contribution in [0.15, 0.2) is 0 Å². The van der Waals surface area contributed by atoms with E-state index in [2.05, 4.69) is 20.8 Å². The van der Waals surface area contributed by atoms with Crippen LogP contribution in [0, 0.1) is 19.8 Å². The Bertz CT molecular complexity index is 96.9. The Hall–Kier alpha value is 1.19. The molecule has 1 aliphatic carbocycles. The molecule has 1 fully saturated rings. The Balaban J connectivity index is -0.000000249. The van der Waals surface area contributed by atoms with E-state index in [4.69, 9.17) is 0 Å². The predicted octanol–water partition coefficient (Wildman–Crippen LogP) is -0.800. The van der Waals surface area contributed by atoms with Crippen molar-refractivity contribution < 1.29 is 37.7 Å². The largest absolute Gasteiger partial charge is 1.00 e. The van der Waals surface area contributed by atoms with E-state index < -0.39 is 0 Å². The van der Waals surface area contributed by atoms with Gasteiger partial charge in [-0.05, 0) is 5.92 Å². The molecule has 0 aliphatic heterocycles. The molecule has 0 heterocycles. The van der Waals surface area contributed by atoms with Crippen LogP contribution < -0.4 is 37.7 Å². The average Bonchev–Trinajstić information content (AvgIpc) is 2.28. The van der Waals surface area contributed by atoms with E-state index in [9.17, 15) is 0 Å². The predicted molar refractivity (Wildman–Crippen MR) is 66.0 cm³/mol. The summed E-state index contributed by atoms with van der Waals surface area (Å²) in [4.78, 5) is 0. The molecule has 0 bridgehead atoms. The van der Waals surface area contributed by atoms with Crippen molar-refractivity contribution in [2.45, 2.75) is 71.1 Å². The van der Waals surface area contributed by atoms with Gasteiger partial charge in [-0.15, -0.1) is 0 Å². The average molecular weight is 210 g/mol. The summed E-state index contributed by atoms with van der Waals surface area (Å²) in [6.07, 6.45) is 13.7. The van der Waals surface area contributed by atoms with Crippen molar-refractivity contribution in [3.05, 3.63) is 13.8 Å². The fourth-order valence-electron chi connectivity index (χ4n) is 1.91. The van der Waals surface area contributed by atoms with Gasteiger partial charge in [0.25, 0.3) is 0 Å². The van der Waals surface area contributed by atoms with E-state index in [1.54, 1.807) is 0 Å². The summed E-state index contributed by atoms with van der Waals surface area (Å²) in [5.41, 5.74) is 0. The molecule has 1 rings (SSSR count). The van der Waals surface area contributed by atoms with Gasteiger partial charge in [0.15, 0.2) is 0 Å². The Kier molecular flexibility index (Phi) is 26.0. The van der Waals surface area contributed by atoms with Crippen LogP contribution >= 0.6 is 0 Å². The zero-order valence-corrected chi connectivity index (χ0v) is 12.1. The molecule has 0 nitrogen and oxygen atoms in total. The Labute approximate surface area is 128 Å². The van der Waals surface area contributed by atoms with Crippen LogP contribution in [0.1, 0.15) is 71.1 Å². The zero-order chi connectivity index (χ0) is 10.6. The van der Waals surface area contributed by atoms with E-state index in [1.807, 2.05) is 0 Å².